The van der Waals surface area contributed by atoms with Gasteiger partial charge in [-0.15, -0.1) is 0 Å². The Labute approximate surface area is 210 Å². The number of carbonyl (C=O) groups is 1. The lowest BCUT2D eigenvalue weighted by atomic mass is 10.1. The number of hydrogen-bond donors (Lipinski definition) is 1. The van der Waals surface area contributed by atoms with Crippen LogP contribution in [0, 0.1) is 0 Å². The molecule has 0 saturated carbocycles. The van der Waals surface area contributed by atoms with E-state index in [0.717, 1.165) is 19.0 Å². The Morgan fingerprint density at radius 1 is 1.33 bits per heavy atom. The quantitative estimate of drug-likeness (QED) is 0.493. The summed E-state index contributed by atoms with van der Waals surface area (Å²) in [4.78, 5) is 27.9. The van der Waals surface area contributed by atoms with Crippen molar-refractivity contribution in [2.75, 3.05) is 25.1 Å². The van der Waals surface area contributed by atoms with Crippen LogP contribution in [0.4, 0.5) is 19.4 Å². The second kappa shape index (κ2) is 11.2. The van der Waals surface area contributed by atoms with Crippen LogP contribution in [0.5, 0.6) is 0 Å². The summed E-state index contributed by atoms with van der Waals surface area (Å²) in [7, 11) is -2.29. The molecule has 1 aromatic heterocycles. The number of halogens is 2. The van der Waals surface area contributed by atoms with Gasteiger partial charge in [-0.05, 0) is 50.4 Å². The Morgan fingerprint density at radius 2 is 2.06 bits per heavy atom. The Hall–Kier alpha value is -1.93. The van der Waals surface area contributed by atoms with Crippen LogP contribution >= 0.6 is 0 Å². The minimum absolute atomic E-state index is 0.120. The van der Waals surface area contributed by atoms with E-state index in [0.29, 0.717) is 17.6 Å². The van der Waals surface area contributed by atoms with E-state index in [1.807, 2.05) is 33.9 Å². The van der Waals surface area contributed by atoms with Crippen LogP contribution in [0.3, 0.4) is 0 Å². The normalized spacial score (nSPS) is 26.6. The standard InChI is InChI=1S/C23H37F2N3O7Si/c1-7-31-21(30)27-16-11-12-28(20(29)26-16)19-23(24,25)18(35-17-10-8-9-13-32-17)15(34-19)14-33-36(5,6)22(2,3)4/h11-12,15,17-19H,7-10,13-14H2,1-6H3,(H,26,27,29,30)/t15-,17?,18-,19-/m1/s1. The van der Waals surface area contributed by atoms with Gasteiger partial charge in [0.05, 0.1) is 13.2 Å². The maximum absolute atomic E-state index is 15.8. The van der Waals surface area contributed by atoms with E-state index >= 15 is 8.78 Å². The summed E-state index contributed by atoms with van der Waals surface area (Å²) in [5, 5.41) is 2.13. The van der Waals surface area contributed by atoms with Gasteiger partial charge in [0.25, 0.3) is 0 Å². The van der Waals surface area contributed by atoms with Gasteiger partial charge in [-0.1, -0.05) is 20.8 Å². The van der Waals surface area contributed by atoms with E-state index in [2.05, 4.69) is 10.3 Å². The Bertz CT molecular complexity index is 964. The second-order valence-corrected chi connectivity index (χ2v) is 15.3. The number of alkyl halides is 2. The zero-order valence-corrected chi connectivity index (χ0v) is 22.7. The molecular weight excluding hydrogens is 496 g/mol. The highest BCUT2D eigenvalue weighted by Crippen LogP contribution is 2.46. The van der Waals surface area contributed by atoms with Crippen LogP contribution in [0.15, 0.2) is 17.1 Å². The lowest BCUT2D eigenvalue weighted by Crippen LogP contribution is -2.48. The van der Waals surface area contributed by atoms with Gasteiger partial charge in [-0.2, -0.15) is 13.8 Å². The highest BCUT2D eigenvalue weighted by Gasteiger charge is 2.62. The zero-order valence-electron chi connectivity index (χ0n) is 21.7. The number of ether oxygens (including phenoxy) is 4. The summed E-state index contributed by atoms with van der Waals surface area (Å²) in [5.74, 6) is -3.72. The number of rotatable bonds is 8. The van der Waals surface area contributed by atoms with Gasteiger partial charge in [0.2, 0.25) is 6.23 Å². The first-order chi connectivity index (χ1) is 16.8. The van der Waals surface area contributed by atoms with Gasteiger partial charge < -0.3 is 23.4 Å². The van der Waals surface area contributed by atoms with Crippen molar-refractivity contribution in [2.24, 2.45) is 0 Å². The molecular formula is C23H37F2N3O7Si. The van der Waals surface area contributed by atoms with Crippen molar-refractivity contribution < 1.29 is 36.9 Å². The van der Waals surface area contributed by atoms with Gasteiger partial charge in [0.1, 0.15) is 11.9 Å². The summed E-state index contributed by atoms with van der Waals surface area (Å²) >= 11 is 0. The number of nitrogens with zero attached hydrogens (tertiary/aromatic N) is 2. The van der Waals surface area contributed by atoms with Crippen molar-refractivity contribution in [3.8, 4) is 0 Å². The van der Waals surface area contributed by atoms with Crippen LogP contribution in [-0.2, 0) is 23.4 Å². The first-order valence-electron chi connectivity index (χ1n) is 12.2. The molecule has 13 heteroatoms. The molecule has 3 heterocycles. The fourth-order valence-electron chi connectivity index (χ4n) is 3.69. The van der Waals surface area contributed by atoms with Crippen molar-refractivity contribution in [3.63, 3.8) is 0 Å². The van der Waals surface area contributed by atoms with Crippen molar-refractivity contribution in [3.05, 3.63) is 22.7 Å². The molecule has 10 nitrogen and oxygen atoms in total. The molecule has 0 bridgehead atoms. The maximum atomic E-state index is 15.8. The minimum Gasteiger partial charge on any atom is -0.450 e. The molecule has 2 aliphatic heterocycles. The van der Waals surface area contributed by atoms with Crippen LogP contribution in [0.25, 0.3) is 0 Å². The predicted molar refractivity (Wildman–Crippen MR) is 130 cm³/mol. The Kier molecular flexibility index (Phi) is 8.92. The molecule has 0 aliphatic carbocycles. The van der Waals surface area contributed by atoms with Gasteiger partial charge in [0.15, 0.2) is 20.7 Å². The Balaban J connectivity index is 1.85. The van der Waals surface area contributed by atoms with E-state index in [9.17, 15) is 9.59 Å². The highest BCUT2D eigenvalue weighted by molar-refractivity contribution is 6.74. The first-order valence-corrected chi connectivity index (χ1v) is 15.1. The molecule has 2 saturated heterocycles. The predicted octanol–water partition coefficient (Wildman–Crippen LogP) is 4.28. The molecule has 0 aromatic carbocycles. The average molecular weight is 534 g/mol. The fourth-order valence-corrected chi connectivity index (χ4v) is 4.71. The molecule has 1 aromatic rings. The summed E-state index contributed by atoms with van der Waals surface area (Å²) < 4.78 is 60.2. The van der Waals surface area contributed by atoms with E-state index < -0.39 is 50.7 Å². The number of amides is 1. The molecule has 4 atom stereocenters. The van der Waals surface area contributed by atoms with Gasteiger partial charge in [-0.3, -0.25) is 9.88 Å². The molecule has 204 valence electrons. The molecule has 3 rings (SSSR count). The Morgan fingerprint density at radius 3 is 2.64 bits per heavy atom. The number of hydrogen-bond acceptors (Lipinski definition) is 8. The van der Waals surface area contributed by atoms with Gasteiger partial charge in [-0.25, -0.2) is 9.59 Å². The van der Waals surface area contributed by atoms with E-state index in [1.165, 1.54) is 6.07 Å². The summed E-state index contributed by atoms with van der Waals surface area (Å²) in [6.07, 6.45) is -3.19. The number of anilines is 1. The van der Waals surface area contributed by atoms with E-state index in [-0.39, 0.29) is 24.1 Å². The second-order valence-electron chi connectivity index (χ2n) is 10.5. The lowest BCUT2D eigenvalue weighted by Gasteiger charge is -2.37. The SMILES string of the molecule is CCOC(=O)Nc1ccn([C@@H]2O[C@H](CO[Si](C)(C)C(C)(C)C)[C@@H](OC3CCCCO3)C2(F)F)c(=O)n1. The van der Waals surface area contributed by atoms with Crippen LogP contribution < -0.4 is 11.0 Å². The summed E-state index contributed by atoms with van der Waals surface area (Å²) in [5.41, 5.74) is -1.02. The smallest absolute Gasteiger partial charge is 0.412 e. The topological polar surface area (TPSA) is 110 Å². The third kappa shape index (κ3) is 6.49. The summed E-state index contributed by atoms with van der Waals surface area (Å²) in [6, 6.07) is 1.22. The lowest BCUT2D eigenvalue weighted by molar-refractivity contribution is -0.238. The third-order valence-electron chi connectivity index (χ3n) is 6.79. The number of aromatic nitrogens is 2. The molecule has 36 heavy (non-hydrogen) atoms. The van der Waals surface area contributed by atoms with E-state index in [1.54, 1.807) is 6.92 Å². The maximum Gasteiger partial charge on any atom is 0.412 e. The fraction of sp³-hybridized carbons (Fsp3) is 0.783. The first kappa shape index (κ1) is 28.6. The summed E-state index contributed by atoms with van der Waals surface area (Å²) in [6.45, 7) is 12.2. The monoisotopic (exact) mass is 533 g/mol. The minimum atomic E-state index is -3.59. The van der Waals surface area contributed by atoms with Crippen LogP contribution in [0.1, 0.15) is 53.2 Å². The molecule has 1 N–H and O–H groups in total. The number of nitrogens with one attached hydrogen (secondary N) is 1. The van der Waals surface area contributed by atoms with Crippen molar-refractivity contribution in [1.82, 2.24) is 9.55 Å². The molecule has 2 fully saturated rings. The van der Waals surface area contributed by atoms with Crippen molar-refractivity contribution in [1.29, 1.82) is 0 Å². The third-order valence-corrected chi connectivity index (χ3v) is 11.3. The number of carbonyl (C=O) groups excluding carboxylic acids is 1. The molecule has 0 radical (unpaired) electrons. The van der Waals surface area contributed by atoms with Crippen LogP contribution in [0.2, 0.25) is 18.1 Å². The van der Waals surface area contributed by atoms with E-state index in [4.69, 9.17) is 23.4 Å². The van der Waals surface area contributed by atoms with Crippen LogP contribution in [-0.4, -0.2) is 68.2 Å². The largest absolute Gasteiger partial charge is 0.450 e. The average Bonchev–Trinajstić information content (AvgIpc) is 3.02. The van der Waals surface area contributed by atoms with Crippen molar-refractivity contribution >= 4 is 20.2 Å². The van der Waals surface area contributed by atoms with Crippen molar-refractivity contribution in [2.45, 2.75) is 95.7 Å². The molecule has 0 spiro atoms. The van der Waals surface area contributed by atoms with Gasteiger partial charge >= 0.3 is 17.7 Å². The molecule has 1 amide bonds. The zero-order chi connectivity index (χ0) is 26.7. The highest BCUT2D eigenvalue weighted by atomic mass is 28.4. The van der Waals surface area contributed by atoms with Gasteiger partial charge in [0, 0.05) is 12.8 Å². The molecule has 2 aliphatic rings. The molecule has 1 unspecified atom stereocenters.